The van der Waals surface area contributed by atoms with E-state index in [1.807, 2.05) is 61.5 Å². The fourth-order valence-corrected chi connectivity index (χ4v) is 3.97. The van der Waals surface area contributed by atoms with Crippen LogP contribution in [0.15, 0.2) is 54.6 Å². The van der Waals surface area contributed by atoms with Crippen molar-refractivity contribution in [3.63, 3.8) is 0 Å². The Bertz CT molecular complexity index is 1120. The number of nitrogens with zero attached hydrogens (tertiary/aromatic N) is 2. The van der Waals surface area contributed by atoms with Gasteiger partial charge in [-0.1, -0.05) is 30.3 Å². The highest BCUT2D eigenvalue weighted by Crippen LogP contribution is 2.21. The van der Waals surface area contributed by atoms with Gasteiger partial charge < -0.3 is 15.0 Å². The number of ether oxygens (including phenoxy) is 1. The minimum atomic E-state index is -0.720. The number of hydroxylamine groups is 1. The van der Waals surface area contributed by atoms with Crippen LogP contribution in [-0.4, -0.2) is 52.6 Å². The lowest BCUT2D eigenvalue weighted by molar-refractivity contribution is -0.145. The molecule has 4 rings (SSSR count). The highest BCUT2D eigenvalue weighted by Gasteiger charge is 2.31. The van der Waals surface area contributed by atoms with Gasteiger partial charge in [-0.3, -0.25) is 19.8 Å². The first kappa shape index (κ1) is 21.7. The Kier molecular flexibility index (Phi) is 6.63. The van der Waals surface area contributed by atoms with Crippen LogP contribution >= 0.6 is 0 Å². The molecule has 3 N–H and O–H groups in total. The van der Waals surface area contributed by atoms with E-state index in [9.17, 15) is 9.59 Å². The van der Waals surface area contributed by atoms with E-state index in [0.29, 0.717) is 32.0 Å². The first-order chi connectivity index (χ1) is 15.5. The van der Waals surface area contributed by atoms with Gasteiger partial charge in [0.15, 0.2) is 0 Å². The van der Waals surface area contributed by atoms with Gasteiger partial charge in [-0.15, -0.1) is 0 Å². The molecule has 2 aromatic carbocycles. The number of benzene rings is 2. The third-order valence-corrected chi connectivity index (χ3v) is 5.58. The second-order valence-electron chi connectivity index (χ2n) is 7.83. The fraction of sp³-hybridized carbons (Fsp3) is 0.292. The lowest BCUT2D eigenvalue weighted by atomic mass is 10.1. The number of para-hydroxylation sites is 1. The van der Waals surface area contributed by atoms with Gasteiger partial charge in [0, 0.05) is 36.3 Å². The number of fused-ring (bicyclic) bond motifs is 1. The third kappa shape index (κ3) is 4.87. The highest BCUT2D eigenvalue weighted by molar-refractivity contribution is 5.88. The summed E-state index contributed by atoms with van der Waals surface area (Å²) in [6.07, 6.45) is 0.170. The number of nitrogens with one attached hydrogen (secondary N) is 2. The Balaban J connectivity index is 1.39. The minimum Gasteiger partial charge on any atom is -0.489 e. The van der Waals surface area contributed by atoms with Crippen molar-refractivity contribution < 1.29 is 19.5 Å². The molecule has 1 aliphatic rings. The number of rotatable bonds is 6. The summed E-state index contributed by atoms with van der Waals surface area (Å²) < 4.78 is 5.98. The molecule has 8 heteroatoms. The summed E-state index contributed by atoms with van der Waals surface area (Å²) in [6, 6.07) is 16.7. The quantitative estimate of drug-likeness (QED) is 0.405. The monoisotopic (exact) mass is 434 g/mol. The van der Waals surface area contributed by atoms with Gasteiger partial charge in [0.1, 0.15) is 18.4 Å². The maximum atomic E-state index is 12.7. The predicted octanol–water partition coefficient (Wildman–Crippen LogP) is 1.97. The Morgan fingerprint density at radius 2 is 2.00 bits per heavy atom. The van der Waals surface area contributed by atoms with E-state index in [1.54, 1.807) is 5.48 Å². The standard InChI is InChI=1S/C24H26N4O4/c1-16-12-18(20-4-2-3-5-21(20)26-16)15-32-19-8-6-17(7-9-19)13-23(29)28-11-10-25-14-22(28)24(30)27-31/h2-9,12,22,25,31H,10-11,13-15H2,1H3,(H,27,30). The fourth-order valence-electron chi connectivity index (χ4n) is 3.97. The minimum absolute atomic E-state index is 0.160. The van der Waals surface area contributed by atoms with Crippen LogP contribution in [0.3, 0.4) is 0 Å². The van der Waals surface area contributed by atoms with Gasteiger partial charge in [0.2, 0.25) is 5.91 Å². The molecule has 1 fully saturated rings. The van der Waals surface area contributed by atoms with E-state index >= 15 is 0 Å². The summed E-state index contributed by atoms with van der Waals surface area (Å²) in [4.78, 5) is 30.7. The molecule has 32 heavy (non-hydrogen) atoms. The van der Waals surface area contributed by atoms with Crippen molar-refractivity contribution in [2.45, 2.75) is 26.0 Å². The molecule has 0 bridgehead atoms. The normalized spacial score (nSPS) is 16.1. The molecule has 3 aromatic rings. The molecule has 1 atom stereocenters. The number of amides is 2. The van der Waals surface area contributed by atoms with Gasteiger partial charge in [-0.05, 0) is 36.8 Å². The van der Waals surface area contributed by atoms with Crippen LogP contribution in [0.2, 0.25) is 0 Å². The van der Waals surface area contributed by atoms with E-state index in [4.69, 9.17) is 9.94 Å². The first-order valence-electron chi connectivity index (χ1n) is 10.6. The summed E-state index contributed by atoms with van der Waals surface area (Å²) in [7, 11) is 0. The van der Waals surface area contributed by atoms with E-state index in [2.05, 4.69) is 10.3 Å². The Morgan fingerprint density at radius 1 is 1.22 bits per heavy atom. The van der Waals surface area contributed by atoms with Crippen LogP contribution in [0.4, 0.5) is 0 Å². The summed E-state index contributed by atoms with van der Waals surface area (Å²) in [6.45, 7) is 3.72. The molecule has 8 nitrogen and oxygen atoms in total. The molecule has 2 amide bonds. The zero-order chi connectivity index (χ0) is 22.5. The number of hydrogen-bond acceptors (Lipinski definition) is 6. The van der Waals surface area contributed by atoms with Crippen molar-refractivity contribution in [1.29, 1.82) is 0 Å². The average molecular weight is 434 g/mol. The van der Waals surface area contributed by atoms with E-state index in [-0.39, 0.29) is 12.3 Å². The second kappa shape index (κ2) is 9.76. The van der Waals surface area contributed by atoms with Crippen molar-refractivity contribution in [1.82, 2.24) is 20.7 Å². The number of aryl methyl sites for hydroxylation is 1. The molecule has 0 saturated carbocycles. The molecule has 2 heterocycles. The largest absolute Gasteiger partial charge is 0.489 e. The lowest BCUT2D eigenvalue weighted by Gasteiger charge is -2.34. The third-order valence-electron chi connectivity index (χ3n) is 5.58. The molecule has 0 aliphatic carbocycles. The number of carbonyl (C=O) groups excluding carboxylic acids is 2. The van der Waals surface area contributed by atoms with Crippen LogP contribution in [0.5, 0.6) is 5.75 Å². The van der Waals surface area contributed by atoms with Gasteiger partial charge in [-0.25, -0.2) is 5.48 Å². The second-order valence-corrected chi connectivity index (χ2v) is 7.83. The zero-order valence-electron chi connectivity index (χ0n) is 17.9. The maximum Gasteiger partial charge on any atom is 0.267 e. The van der Waals surface area contributed by atoms with Crippen LogP contribution in [0.1, 0.15) is 16.8 Å². The van der Waals surface area contributed by atoms with E-state index in [0.717, 1.165) is 27.7 Å². The van der Waals surface area contributed by atoms with Crippen molar-refractivity contribution in [2.75, 3.05) is 19.6 Å². The van der Waals surface area contributed by atoms with Crippen molar-refractivity contribution in [3.05, 3.63) is 71.4 Å². The molecule has 166 valence electrons. The van der Waals surface area contributed by atoms with Crippen LogP contribution in [0.25, 0.3) is 10.9 Å². The topological polar surface area (TPSA) is 104 Å². The summed E-state index contributed by atoms with van der Waals surface area (Å²) in [5, 5.41) is 13.1. The predicted molar refractivity (Wildman–Crippen MR) is 119 cm³/mol. The molecule has 1 unspecified atom stereocenters. The number of carbonyl (C=O) groups is 2. The van der Waals surface area contributed by atoms with E-state index < -0.39 is 11.9 Å². The summed E-state index contributed by atoms with van der Waals surface area (Å²) in [5.41, 5.74) is 5.42. The van der Waals surface area contributed by atoms with E-state index in [1.165, 1.54) is 4.90 Å². The van der Waals surface area contributed by atoms with Crippen molar-refractivity contribution in [2.24, 2.45) is 0 Å². The molecule has 1 aromatic heterocycles. The zero-order valence-corrected chi connectivity index (χ0v) is 17.9. The molecular weight excluding hydrogens is 408 g/mol. The SMILES string of the molecule is Cc1cc(COc2ccc(CC(=O)N3CCNCC3C(=O)NO)cc2)c2ccccc2n1. The summed E-state index contributed by atoms with van der Waals surface area (Å²) >= 11 is 0. The van der Waals surface area contributed by atoms with Gasteiger partial charge in [-0.2, -0.15) is 0 Å². The maximum absolute atomic E-state index is 12.7. The smallest absolute Gasteiger partial charge is 0.267 e. The van der Waals surface area contributed by atoms with Crippen molar-refractivity contribution in [3.8, 4) is 5.75 Å². The van der Waals surface area contributed by atoms with Crippen LogP contribution < -0.4 is 15.5 Å². The molecular formula is C24H26N4O4. The molecule has 1 saturated heterocycles. The van der Waals surface area contributed by atoms with Crippen LogP contribution in [-0.2, 0) is 22.6 Å². The molecule has 1 aliphatic heterocycles. The summed E-state index contributed by atoms with van der Waals surface area (Å²) in [5.74, 6) is -0.0416. The average Bonchev–Trinajstić information content (AvgIpc) is 2.82. The molecule has 0 radical (unpaired) electrons. The van der Waals surface area contributed by atoms with Gasteiger partial charge in [0.05, 0.1) is 11.9 Å². The highest BCUT2D eigenvalue weighted by atomic mass is 16.5. The first-order valence-corrected chi connectivity index (χ1v) is 10.6. The van der Waals surface area contributed by atoms with Gasteiger partial charge in [0.25, 0.3) is 5.91 Å². The van der Waals surface area contributed by atoms with Crippen molar-refractivity contribution >= 4 is 22.7 Å². The Morgan fingerprint density at radius 3 is 2.78 bits per heavy atom. The number of piperazine rings is 1. The Labute approximate surface area is 186 Å². The van der Waals surface area contributed by atoms with Gasteiger partial charge >= 0.3 is 0 Å². The number of aromatic nitrogens is 1. The number of hydrogen-bond donors (Lipinski definition) is 3. The lowest BCUT2D eigenvalue weighted by Crippen LogP contribution is -2.59. The Hall–Kier alpha value is -3.49. The molecule has 0 spiro atoms. The number of pyridine rings is 1. The van der Waals surface area contributed by atoms with Crippen LogP contribution in [0, 0.1) is 6.92 Å².